The molecule has 6 heteroatoms. The Bertz CT molecular complexity index is 948. The third kappa shape index (κ3) is 2.64. The van der Waals surface area contributed by atoms with E-state index in [1.54, 1.807) is 24.3 Å². The number of aromatic hydroxyl groups is 2. The van der Waals surface area contributed by atoms with E-state index in [1.165, 1.54) is 18.2 Å². The van der Waals surface area contributed by atoms with Crippen molar-refractivity contribution in [1.29, 1.82) is 0 Å². The fourth-order valence-electron chi connectivity index (χ4n) is 2.77. The Morgan fingerprint density at radius 1 is 1.00 bits per heavy atom. The first kappa shape index (κ1) is 16.1. The summed E-state index contributed by atoms with van der Waals surface area (Å²) in [5.74, 6) is -1.87. The molecule has 0 bridgehead atoms. The number of phenolic OH excluding ortho intramolecular Hbond substituents is 2. The summed E-state index contributed by atoms with van der Waals surface area (Å²) in [7, 11) is 0. The van der Waals surface area contributed by atoms with Gasteiger partial charge in [0.2, 0.25) is 0 Å². The van der Waals surface area contributed by atoms with Gasteiger partial charge in [-0.1, -0.05) is 23.7 Å². The first-order valence-corrected chi connectivity index (χ1v) is 7.42. The summed E-state index contributed by atoms with van der Waals surface area (Å²) in [4.78, 5) is 11.8. The normalized spacial score (nSPS) is 10.9. The van der Waals surface area contributed by atoms with Gasteiger partial charge in [0.1, 0.15) is 0 Å². The Morgan fingerprint density at radius 2 is 1.62 bits per heavy atom. The summed E-state index contributed by atoms with van der Waals surface area (Å²) < 4.78 is 0. The van der Waals surface area contributed by atoms with Crippen LogP contribution in [0.5, 0.6) is 11.5 Å². The number of aromatic carboxylic acids is 1. The predicted octanol–water partition coefficient (Wildman–Crippen LogP) is 3.76. The minimum absolute atomic E-state index is 0.0580. The molecule has 0 atom stereocenters. The molecule has 0 heterocycles. The van der Waals surface area contributed by atoms with Gasteiger partial charge in [0.25, 0.3) is 0 Å². The standard InChI is InChI=1S/C18H13ClO5/c19-12-3-1-9(2-4-12)16-13-7-15(22)14(21)6-10(13)5-11(8-20)17(16)18(23)24/h1-7,20-22H,8H2,(H,23,24). The molecule has 0 aliphatic heterocycles. The van der Waals surface area contributed by atoms with Gasteiger partial charge >= 0.3 is 5.97 Å². The Hall–Kier alpha value is -2.76. The van der Waals surface area contributed by atoms with E-state index in [9.17, 15) is 25.2 Å². The Kier molecular flexibility index (Phi) is 4.05. The van der Waals surface area contributed by atoms with Crippen LogP contribution in [0.4, 0.5) is 0 Å². The number of halogens is 1. The van der Waals surface area contributed by atoms with Gasteiger partial charge in [-0.15, -0.1) is 0 Å². The van der Waals surface area contributed by atoms with Crippen molar-refractivity contribution >= 4 is 28.3 Å². The van der Waals surface area contributed by atoms with Crippen LogP contribution in [0, 0.1) is 0 Å². The van der Waals surface area contributed by atoms with Crippen LogP contribution < -0.4 is 0 Å². The van der Waals surface area contributed by atoms with Crippen LogP contribution in [0.15, 0.2) is 42.5 Å². The van der Waals surface area contributed by atoms with Crippen LogP contribution in [-0.2, 0) is 6.61 Å². The molecule has 122 valence electrons. The van der Waals surface area contributed by atoms with Crippen molar-refractivity contribution in [2.45, 2.75) is 6.61 Å². The van der Waals surface area contributed by atoms with Crippen molar-refractivity contribution in [3.8, 4) is 22.6 Å². The summed E-state index contributed by atoms with van der Waals surface area (Å²) in [5, 5.41) is 40.2. The second kappa shape index (κ2) is 6.03. The Balaban J connectivity index is 2.49. The number of hydrogen-bond acceptors (Lipinski definition) is 4. The number of hydrogen-bond donors (Lipinski definition) is 4. The molecule has 0 saturated heterocycles. The Morgan fingerprint density at radius 3 is 2.21 bits per heavy atom. The summed E-state index contributed by atoms with van der Waals surface area (Å²) in [5.41, 5.74) is 1.07. The van der Waals surface area contributed by atoms with E-state index < -0.39 is 12.6 Å². The molecule has 4 N–H and O–H groups in total. The lowest BCUT2D eigenvalue weighted by atomic mass is 9.89. The molecule has 5 nitrogen and oxygen atoms in total. The predicted molar refractivity (Wildman–Crippen MR) is 90.6 cm³/mol. The summed E-state index contributed by atoms with van der Waals surface area (Å²) >= 11 is 5.89. The number of aliphatic hydroxyl groups is 1. The first-order valence-electron chi connectivity index (χ1n) is 7.04. The highest BCUT2D eigenvalue weighted by atomic mass is 35.5. The van der Waals surface area contributed by atoms with E-state index in [-0.39, 0.29) is 22.6 Å². The topological polar surface area (TPSA) is 98.0 Å². The first-order chi connectivity index (χ1) is 11.4. The van der Waals surface area contributed by atoms with Crippen molar-refractivity contribution in [2.75, 3.05) is 0 Å². The fraction of sp³-hybridized carbons (Fsp3) is 0.0556. The lowest BCUT2D eigenvalue weighted by molar-refractivity contribution is 0.0694. The maximum absolute atomic E-state index is 11.8. The highest BCUT2D eigenvalue weighted by molar-refractivity contribution is 6.30. The average molecular weight is 345 g/mol. The molecular weight excluding hydrogens is 332 g/mol. The molecule has 0 fully saturated rings. The zero-order chi connectivity index (χ0) is 17.4. The van der Waals surface area contributed by atoms with Crippen LogP contribution in [0.1, 0.15) is 15.9 Å². The number of carboxylic acid groups (broad SMARTS) is 1. The van der Waals surface area contributed by atoms with E-state index in [0.717, 1.165) is 0 Å². The van der Waals surface area contributed by atoms with Gasteiger partial charge in [-0.2, -0.15) is 0 Å². The summed E-state index contributed by atoms with van der Waals surface area (Å²) in [6.45, 7) is -0.472. The second-order valence-electron chi connectivity index (χ2n) is 5.32. The zero-order valence-electron chi connectivity index (χ0n) is 12.3. The van der Waals surface area contributed by atoms with Crippen LogP contribution in [0.2, 0.25) is 5.02 Å². The molecule has 0 radical (unpaired) electrons. The number of aliphatic hydroxyl groups excluding tert-OH is 1. The summed E-state index contributed by atoms with van der Waals surface area (Å²) in [6.07, 6.45) is 0. The van der Waals surface area contributed by atoms with Crippen molar-refractivity contribution in [2.24, 2.45) is 0 Å². The second-order valence-corrected chi connectivity index (χ2v) is 5.75. The van der Waals surface area contributed by atoms with Crippen LogP contribution in [0.25, 0.3) is 21.9 Å². The molecule has 0 unspecified atom stereocenters. The number of carbonyl (C=O) groups is 1. The zero-order valence-corrected chi connectivity index (χ0v) is 13.1. The van der Waals surface area contributed by atoms with Crippen molar-refractivity contribution in [1.82, 2.24) is 0 Å². The third-order valence-electron chi connectivity index (χ3n) is 3.83. The number of benzene rings is 3. The van der Waals surface area contributed by atoms with Gasteiger partial charge in [-0.3, -0.25) is 0 Å². The van der Waals surface area contributed by atoms with Gasteiger partial charge in [-0.25, -0.2) is 4.79 Å². The molecule has 24 heavy (non-hydrogen) atoms. The fourth-order valence-corrected chi connectivity index (χ4v) is 2.90. The number of carboxylic acids is 1. The molecule has 0 aromatic heterocycles. The largest absolute Gasteiger partial charge is 0.504 e. The lowest BCUT2D eigenvalue weighted by Gasteiger charge is -2.15. The maximum Gasteiger partial charge on any atom is 0.336 e. The lowest BCUT2D eigenvalue weighted by Crippen LogP contribution is -2.06. The number of phenols is 2. The van der Waals surface area contributed by atoms with Crippen molar-refractivity contribution in [3.05, 3.63) is 58.6 Å². The van der Waals surface area contributed by atoms with Gasteiger partial charge < -0.3 is 20.4 Å². The monoisotopic (exact) mass is 344 g/mol. The molecule has 3 aromatic rings. The summed E-state index contributed by atoms with van der Waals surface area (Å²) in [6, 6.07) is 10.7. The van der Waals surface area contributed by atoms with Gasteiger partial charge in [0, 0.05) is 10.6 Å². The molecular formula is C18H13ClO5. The average Bonchev–Trinajstić information content (AvgIpc) is 2.55. The van der Waals surface area contributed by atoms with Gasteiger partial charge in [-0.05, 0) is 52.2 Å². The minimum atomic E-state index is -1.20. The third-order valence-corrected chi connectivity index (χ3v) is 4.09. The Labute approximate surface area is 142 Å². The van der Waals surface area contributed by atoms with Crippen molar-refractivity contribution < 1.29 is 25.2 Å². The quantitative estimate of drug-likeness (QED) is 0.542. The minimum Gasteiger partial charge on any atom is -0.504 e. The SMILES string of the molecule is O=C(O)c1c(CO)cc2cc(O)c(O)cc2c1-c1ccc(Cl)cc1. The molecule has 0 amide bonds. The number of fused-ring (bicyclic) bond motifs is 1. The highest BCUT2D eigenvalue weighted by Gasteiger charge is 2.21. The highest BCUT2D eigenvalue weighted by Crippen LogP contribution is 2.40. The molecule has 0 saturated carbocycles. The van der Waals surface area contributed by atoms with Crippen LogP contribution in [0.3, 0.4) is 0 Å². The van der Waals surface area contributed by atoms with E-state index >= 15 is 0 Å². The maximum atomic E-state index is 11.8. The molecule has 3 aromatic carbocycles. The van der Waals surface area contributed by atoms with Gasteiger partial charge in [0.05, 0.1) is 12.2 Å². The van der Waals surface area contributed by atoms with E-state index in [1.807, 2.05) is 0 Å². The molecule has 0 spiro atoms. The molecule has 3 rings (SSSR count). The van der Waals surface area contributed by atoms with Crippen molar-refractivity contribution in [3.63, 3.8) is 0 Å². The molecule has 0 aliphatic carbocycles. The molecule has 0 aliphatic rings. The number of rotatable bonds is 3. The van der Waals surface area contributed by atoms with E-state index in [4.69, 9.17) is 11.6 Å². The van der Waals surface area contributed by atoms with E-state index in [0.29, 0.717) is 26.9 Å². The smallest absolute Gasteiger partial charge is 0.336 e. The van der Waals surface area contributed by atoms with Gasteiger partial charge in [0.15, 0.2) is 11.5 Å². The van der Waals surface area contributed by atoms with E-state index in [2.05, 4.69) is 0 Å². The van der Waals surface area contributed by atoms with Crippen LogP contribution >= 0.6 is 11.6 Å². The van der Waals surface area contributed by atoms with Crippen LogP contribution in [-0.4, -0.2) is 26.4 Å².